The molecule has 3 amide bonds. The summed E-state index contributed by atoms with van der Waals surface area (Å²) in [5, 5.41) is 3.42. The number of amides is 3. The molecule has 110 valence electrons. The number of nitrogens with one attached hydrogen (secondary N) is 2. The molecule has 4 N–H and O–H groups in total. The third kappa shape index (κ3) is 4.30. The Bertz CT molecular complexity index is 530. The monoisotopic (exact) mass is 301 g/mol. The lowest BCUT2D eigenvalue weighted by molar-refractivity contribution is -0.119. The van der Waals surface area contributed by atoms with Gasteiger partial charge in [0.1, 0.15) is 11.1 Å². The third-order valence-corrected chi connectivity index (χ3v) is 3.95. The minimum Gasteiger partial charge on any atom is -0.399 e. The number of urea groups is 1. The van der Waals surface area contributed by atoms with E-state index in [-0.39, 0.29) is 10.6 Å². The zero-order chi connectivity index (χ0) is 15.3. The van der Waals surface area contributed by atoms with Crippen molar-refractivity contribution in [3.05, 3.63) is 24.0 Å². The second-order valence-electron chi connectivity index (χ2n) is 4.01. The summed E-state index contributed by atoms with van der Waals surface area (Å²) in [4.78, 5) is 23.0. The van der Waals surface area contributed by atoms with E-state index in [0.717, 1.165) is 12.1 Å². The van der Waals surface area contributed by atoms with Gasteiger partial charge < -0.3 is 11.1 Å². The Labute approximate surface area is 118 Å². The van der Waals surface area contributed by atoms with Gasteiger partial charge in [0.05, 0.1) is 10.8 Å². The molecule has 0 aliphatic carbocycles. The van der Waals surface area contributed by atoms with E-state index < -0.39 is 33.8 Å². The standard InChI is InChI=1S/C12H16FN3O3S/c1-3-15-12(18)16-11(17)7(2)20(19)10-5-8(13)4-9(14)6-10/h4-7H,3,14H2,1-2H3,(H2,15,16,17,18). The van der Waals surface area contributed by atoms with E-state index in [9.17, 15) is 18.2 Å². The first kappa shape index (κ1) is 16.1. The number of nitrogens with two attached hydrogens (primary N) is 1. The number of benzene rings is 1. The highest BCUT2D eigenvalue weighted by Gasteiger charge is 2.23. The van der Waals surface area contributed by atoms with Crippen LogP contribution in [-0.2, 0) is 15.6 Å². The summed E-state index contributed by atoms with van der Waals surface area (Å²) in [7, 11) is -1.81. The number of carbonyl (C=O) groups is 2. The van der Waals surface area contributed by atoms with Gasteiger partial charge >= 0.3 is 6.03 Å². The van der Waals surface area contributed by atoms with Crippen LogP contribution >= 0.6 is 0 Å². The first-order valence-corrected chi connectivity index (χ1v) is 7.11. The van der Waals surface area contributed by atoms with Crippen LogP contribution < -0.4 is 16.4 Å². The van der Waals surface area contributed by atoms with Crippen molar-refractivity contribution in [3.63, 3.8) is 0 Å². The lowest BCUT2D eigenvalue weighted by Gasteiger charge is -2.12. The Morgan fingerprint density at radius 2 is 2.05 bits per heavy atom. The average molecular weight is 301 g/mol. The maximum atomic E-state index is 13.2. The molecule has 6 nitrogen and oxygen atoms in total. The van der Waals surface area contributed by atoms with Gasteiger partial charge in [-0.05, 0) is 32.0 Å². The Kier molecular flexibility index (Phi) is 5.63. The summed E-state index contributed by atoms with van der Waals surface area (Å²) in [6.07, 6.45) is 0. The molecule has 1 aromatic rings. The van der Waals surface area contributed by atoms with Gasteiger partial charge in [-0.25, -0.2) is 9.18 Å². The summed E-state index contributed by atoms with van der Waals surface area (Å²) in [6, 6.07) is 2.79. The number of hydrogen-bond acceptors (Lipinski definition) is 4. The molecule has 0 aliphatic rings. The summed E-state index contributed by atoms with van der Waals surface area (Å²) in [5.41, 5.74) is 5.57. The van der Waals surface area contributed by atoms with E-state index >= 15 is 0 Å². The van der Waals surface area contributed by atoms with Crippen molar-refractivity contribution in [3.8, 4) is 0 Å². The Morgan fingerprint density at radius 3 is 2.60 bits per heavy atom. The second-order valence-corrected chi connectivity index (χ2v) is 5.78. The van der Waals surface area contributed by atoms with Crippen LogP contribution in [0.2, 0.25) is 0 Å². The first-order chi connectivity index (χ1) is 9.35. The van der Waals surface area contributed by atoms with Gasteiger partial charge in [0.2, 0.25) is 5.91 Å². The Hall–Kier alpha value is -1.96. The number of imide groups is 1. The summed E-state index contributed by atoms with van der Waals surface area (Å²) in [5.74, 6) is -1.35. The van der Waals surface area contributed by atoms with Gasteiger partial charge in [-0.3, -0.25) is 14.3 Å². The van der Waals surface area contributed by atoms with Crippen LogP contribution in [0.5, 0.6) is 0 Å². The van der Waals surface area contributed by atoms with Crippen LogP contribution in [0.4, 0.5) is 14.9 Å². The third-order valence-electron chi connectivity index (χ3n) is 2.39. The number of carbonyl (C=O) groups excluding carboxylic acids is 2. The molecule has 0 bridgehead atoms. The van der Waals surface area contributed by atoms with Crippen LogP contribution in [0, 0.1) is 5.82 Å². The number of anilines is 1. The second kappa shape index (κ2) is 6.99. The zero-order valence-electron chi connectivity index (χ0n) is 11.1. The van der Waals surface area contributed by atoms with E-state index in [1.165, 1.54) is 13.0 Å². The highest BCUT2D eigenvalue weighted by molar-refractivity contribution is 7.86. The van der Waals surface area contributed by atoms with Crippen molar-refractivity contribution >= 4 is 28.4 Å². The van der Waals surface area contributed by atoms with Crippen molar-refractivity contribution in [2.75, 3.05) is 12.3 Å². The molecule has 0 spiro atoms. The van der Waals surface area contributed by atoms with Gasteiger partial charge in [0.25, 0.3) is 0 Å². The predicted molar refractivity (Wildman–Crippen MR) is 73.9 cm³/mol. The summed E-state index contributed by atoms with van der Waals surface area (Å²) >= 11 is 0. The van der Waals surface area contributed by atoms with Crippen LogP contribution in [0.25, 0.3) is 0 Å². The van der Waals surface area contributed by atoms with Crippen molar-refractivity contribution < 1.29 is 18.2 Å². The molecule has 0 fully saturated rings. The molecule has 0 radical (unpaired) electrons. The van der Waals surface area contributed by atoms with Gasteiger partial charge in [0.15, 0.2) is 0 Å². The fourth-order valence-electron chi connectivity index (χ4n) is 1.42. The summed E-state index contributed by atoms with van der Waals surface area (Å²) in [6.45, 7) is 3.43. The van der Waals surface area contributed by atoms with Gasteiger partial charge in [-0.1, -0.05) is 0 Å². The van der Waals surface area contributed by atoms with Crippen molar-refractivity contribution in [1.82, 2.24) is 10.6 Å². The molecule has 1 aromatic carbocycles. The van der Waals surface area contributed by atoms with E-state index in [0.29, 0.717) is 6.54 Å². The molecule has 1 rings (SSSR count). The SMILES string of the molecule is CCNC(=O)NC(=O)C(C)S(=O)c1cc(N)cc(F)c1. The lowest BCUT2D eigenvalue weighted by Crippen LogP contribution is -2.44. The highest BCUT2D eigenvalue weighted by atomic mass is 32.2. The van der Waals surface area contributed by atoms with Crippen LogP contribution in [-0.4, -0.2) is 27.9 Å². The van der Waals surface area contributed by atoms with E-state index in [1.807, 2.05) is 0 Å². The van der Waals surface area contributed by atoms with Gasteiger partial charge in [0, 0.05) is 17.1 Å². The molecule has 0 aliphatic heterocycles. The van der Waals surface area contributed by atoms with Crippen molar-refractivity contribution in [2.24, 2.45) is 0 Å². The molecule has 8 heteroatoms. The van der Waals surface area contributed by atoms with Crippen LogP contribution in [0.3, 0.4) is 0 Å². The molecule has 0 saturated carbocycles. The van der Waals surface area contributed by atoms with Crippen molar-refractivity contribution in [2.45, 2.75) is 24.0 Å². The normalized spacial score (nSPS) is 13.3. The molecular formula is C12H16FN3O3S. The fourth-order valence-corrected chi connectivity index (χ4v) is 2.56. The topological polar surface area (TPSA) is 101 Å². The minimum absolute atomic E-state index is 0.0982. The first-order valence-electron chi connectivity index (χ1n) is 5.90. The number of hydrogen-bond donors (Lipinski definition) is 3. The molecule has 2 unspecified atom stereocenters. The van der Waals surface area contributed by atoms with Crippen molar-refractivity contribution in [1.29, 1.82) is 0 Å². The van der Waals surface area contributed by atoms with Gasteiger partial charge in [-0.15, -0.1) is 0 Å². The molecular weight excluding hydrogens is 285 g/mol. The average Bonchev–Trinajstić information content (AvgIpc) is 2.35. The quantitative estimate of drug-likeness (QED) is 0.714. The van der Waals surface area contributed by atoms with Gasteiger partial charge in [-0.2, -0.15) is 0 Å². The predicted octanol–water partition coefficient (Wildman–Crippen LogP) is 0.750. The maximum absolute atomic E-state index is 13.2. The lowest BCUT2D eigenvalue weighted by atomic mass is 10.3. The molecule has 20 heavy (non-hydrogen) atoms. The van der Waals surface area contributed by atoms with Crippen LogP contribution in [0.15, 0.2) is 23.1 Å². The number of rotatable bonds is 4. The maximum Gasteiger partial charge on any atom is 0.321 e. The van der Waals surface area contributed by atoms with E-state index in [4.69, 9.17) is 5.73 Å². The molecule has 0 saturated heterocycles. The van der Waals surface area contributed by atoms with E-state index in [2.05, 4.69) is 10.6 Å². The molecule has 0 heterocycles. The highest BCUT2D eigenvalue weighted by Crippen LogP contribution is 2.17. The minimum atomic E-state index is -1.81. The largest absolute Gasteiger partial charge is 0.399 e. The summed E-state index contributed by atoms with van der Waals surface area (Å²) < 4.78 is 25.3. The Balaban J connectivity index is 2.80. The number of halogens is 1. The smallest absolute Gasteiger partial charge is 0.321 e. The zero-order valence-corrected chi connectivity index (χ0v) is 11.9. The Morgan fingerprint density at radius 1 is 1.40 bits per heavy atom. The van der Waals surface area contributed by atoms with Crippen LogP contribution in [0.1, 0.15) is 13.8 Å². The number of nitrogen functional groups attached to an aromatic ring is 1. The molecule has 0 aromatic heterocycles. The molecule has 2 atom stereocenters. The van der Waals surface area contributed by atoms with E-state index in [1.54, 1.807) is 6.92 Å². The fraction of sp³-hybridized carbons (Fsp3) is 0.333.